The second-order valence-electron chi connectivity index (χ2n) is 6.12. The second-order valence-corrected chi connectivity index (χ2v) is 7.80. The maximum absolute atomic E-state index is 12.5. The summed E-state index contributed by atoms with van der Waals surface area (Å²) in [5, 5.41) is 9.17. The molecule has 1 atom stereocenters. The molecule has 7 heteroatoms. The van der Waals surface area contributed by atoms with E-state index >= 15 is 0 Å². The lowest BCUT2D eigenvalue weighted by Gasteiger charge is -2.27. The molecule has 4 N–H and O–H groups in total. The van der Waals surface area contributed by atoms with Crippen LogP contribution in [0.4, 0.5) is 5.69 Å². The standard InChI is InChI=1S/C14H20N2O4S/c1-14(2)7-3-4-12(14)16-21(19,20)11-6-5-9(15)8-10(11)13(17)18/h5-6,8,12,16H,3-4,7,15H2,1-2H3,(H,17,18). The third-order valence-electron chi connectivity index (χ3n) is 4.08. The molecule has 0 aromatic heterocycles. The van der Waals surface area contributed by atoms with Crippen LogP contribution in [0, 0.1) is 5.41 Å². The Morgan fingerprint density at radius 3 is 2.62 bits per heavy atom. The molecule has 0 spiro atoms. The highest BCUT2D eigenvalue weighted by atomic mass is 32.2. The zero-order chi connectivity index (χ0) is 15.8. The van der Waals surface area contributed by atoms with Gasteiger partial charge in [0, 0.05) is 11.7 Å². The largest absolute Gasteiger partial charge is 0.478 e. The summed E-state index contributed by atoms with van der Waals surface area (Å²) in [6.07, 6.45) is 2.64. The number of carbonyl (C=O) groups is 1. The van der Waals surface area contributed by atoms with Gasteiger partial charge in [0.05, 0.1) is 10.5 Å². The van der Waals surface area contributed by atoms with Crippen molar-refractivity contribution in [2.45, 2.75) is 44.0 Å². The van der Waals surface area contributed by atoms with Crippen molar-refractivity contribution < 1.29 is 18.3 Å². The summed E-state index contributed by atoms with van der Waals surface area (Å²) in [6, 6.07) is 3.60. The Kier molecular flexibility index (Phi) is 3.99. The van der Waals surface area contributed by atoms with Crippen molar-refractivity contribution in [3.63, 3.8) is 0 Å². The Balaban J connectivity index is 2.39. The minimum absolute atomic E-state index is 0.135. The Hall–Kier alpha value is -1.60. The lowest BCUT2D eigenvalue weighted by atomic mass is 9.88. The average Bonchev–Trinajstić information content (AvgIpc) is 2.67. The highest BCUT2D eigenvalue weighted by Crippen LogP contribution is 2.38. The van der Waals surface area contributed by atoms with Crippen LogP contribution in [-0.4, -0.2) is 25.5 Å². The van der Waals surface area contributed by atoms with E-state index in [-0.39, 0.29) is 27.6 Å². The number of carboxylic acids is 1. The van der Waals surface area contributed by atoms with Crippen LogP contribution in [-0.2, 0) is 10.0 Å². The third-order valence-corrected chi connectivity index (χ3v) is 5.61. The molecule has 1 aromatic carbocycles. The van der Waals surface area contributed by atoms with Gasteiger partial charge in [0.25, 0.3) is 0 Å². The molecule has 116 valence electrons. The molecule has 0 heterocycles. The summed E-state index contributed by atoms with van der Waals surface area (Å²) >= 11 is 0. The predicted octanol–water partition coefficient (Wildman–Crippen LogP) is 1.82. The average molecular weight is 312 g/mol. The van der Waals surface area contributed by atoms with Crippen molar-refractivity contribution in [1.29, 1.82) is 0 Å². The number of aromatic carboxylic acids is 1. The van der Waals surface area contributed by atoms with Crippen molar-refractivity contribution in [2.24, 2.45) is 5.41 Å². The van der Waals surface area contributed by atoms with Gasteiger partial charge in [-0.25, -0.2) is 17.9 Å². The monoisotopic (exact) mass is 312 g/mol. The molecule has 0 amide bonds. The van der Waals surface area contributed by atoms with Crippen LogP contribution in [0.2, 0.25) is 0 Å². The van der Waals surface area contributed by atoms with Gasteiger partial charge >= 0.3 is 5.97 Å². The van der Waals surface area contributed by atoms with Gasteiger partial charge in [-0.2, -0.15) is 0 Å². The predicted molar refractivity (Wildman–Crippen MR) is 79.6 cm³/mol. The number of nitrogens with two attached hydrogens (primary N) is 1. The maximum atomic E-state index is 12.5. The van der Waals surface area contributed by atoms with E-state index in [0.29, 0.717) is 0 Å². The number of hydrogen-bond donors (Lipinski definition) is 3. The Bertz CT molecular complexity index is 668. The molecule has 0 aliphatic heterocycles. The summed E-state index contributed by atoms with van der Waals surface area (Å²) in [7, 11) is -3.89. The summed E-state index contributed by atoms with van der Waals surface area (Å²) in [5.41, 5.74) is 5.31. The van der Waals surface area contributed by atoms with Gasteiger partial charge in [-0.3, -0.25) is 0 Å². The minimum Gasteiger partial charge on any atom is -0.478 e. The van der Waals surface area contributed by atoms with Crippen LogP contribution in [0.25, 0.3) is 0 Å². The molecule has 1 fully saturated rings. The van der Waals surface area contributed by atoms with Gasteiger partial charge in [0.2, 0.25) is 10.0 Å². The summed E-state index contributed by atoms with van der Waals surface area (Å²) < 4.78 is 27.6. The Morgan fingerprint density at radius 2 is 2.10 bits per heavy atom. The topological polar surface area (TPSA) is 109 Å². The van der Waals surface area contributed by atoms with Gasteiger partial charge in [0.15, 0.2) is 0 Å². The number of sulfonamides is 1. The number of anilines is 1. The van der Waals surface area contributed by atoms with Crippen molar-refractivity contribution in [3.05, 3.63) is 23.8 Å². The van der Waals surface area contributed by atoms with Crippen LogP contribution in [0.15, 0.2) is 23.1 Å². The Morgan fingerprint density at radius 1 is 1.43 bits per heavy atom. The molecule has 21 heavy (non-hydrogen) atoms. The Labute approximate surface area is 124 Å². The second kappa shape index (κ2) is 5.31. The number of nitrogens with one attached hydrogen (secondary N) is 1. The quantitative estimate of drug-likeness (QED) is 0.735. The molecular formula is C14H20N2O4S. The van der Waals surface area contributed by atoms with Gasteiger partial charge < -0.3 is 10.8 Å². The molecule has 1 unspecified atom stereocenters. The number of benzene rings is 1. The van der Waals surface area contributed by atoms with Crippen LogP contribution in [0.1, 0.15) is 43.5 Å². The fraction of sp³-hybridized carbons (Fsp3) is 0.500. The van der Waals surface area contributed by atoms with Gasteiger partial charge in [-0.1, -0.05) is 20.3 Å². The third kappa shape index (κ3) is 3.19. The van der Waals surface area contributed by atoms with E-state index in [1.807, 2.05) is 13.8 Å². The van der Waals surface area contributed by atoms with E-state index in [2.05, 4.69) is 4.72 Å². The molecule has 1 aliphatic carbocycles. The van der Waals surface area contributed by atoms with Crippen molar-refractivity contribution in [1.82, 2.24) is 4.72 Å². The summed E-state index contributed by atoms with van der Waals surface area (Å²) in [4.78, 5) is 11.0. The van der Waals surface area contributed by atoms with E-state index in [1.165, 1.54) is 12.1 Å². The molecular weight excluding hydrogens is 292 g/mol. The molecule has 1 aromatic rings. The SMILES string of the molecule is CC1(C)CCCC1NS(=O)(=O)c1ccc(N)cc1C(=O)O. The number of carboxylic acid groups (broad SMARTS) is 1. The molecule has 0 bridgehead atoms. The fourth-order valence-electron chi connectivity index (χ4n) is 2.75. The van der Waals surface area contributed by atoms with Crippen LogP contribution in [0.5, 0.6) is 0 Å². The number of nitrogen functional groups attached to an aromatic ring is 1. The first-order chi connectivity index (χ1) is 9.63. The van der Waals surface area contributed by atoms with Gasteiger partial charge in [-0.05, 0) is 36.5 Å². The zero-order valence-electron chi connectivity index (χ0n) is 12.1. The number of rotatable bonds is 4. The normalized spacial score (nSPS) is 21.3. The van der Waals surface area contributed by atoms with E-state index < -0.39 is 16.0 Å². The first-order valence-corrected chi connectivity index (χ1v) is 8.27. The highest BCUT2D eigenvalue weighted by molar-refractivity contribution is 7.89. The smallest absolute Gasteiger partial charge is 0.337 e. The van der Waals surface area contributed by atoms with Crippen LogP contribution >= 0.6 is 0 Å². The zero-order valence-corrected chi connectivity index (χ0v) is 12.9. The fourth-order valence-corrected chi connectivity index (χ4v) is 4.37. The van der Waals surface area contributed by atoms with E-state index in [9.17, 15) is 13.2 Å². The lowest BCUT2D eigenvalue weighted by molar-refractivity contribution is 0.0692. The van der Waals surface area contributed by atoms with E-state index in [4.69, 9.17) is 10.8 Å². The molecule has 2 rings (SSSR count). The minimum atomic E-state index is -3.89. The van der Waals surface area contributed by atoms with Gasteiger partial charge in [0.1, 0.15) is 0 Å². The van der Waals surface area contributed by atoms with Crippen LogP contribution in [0.3, 0.4) is 0 Å². The summed E-state index contributed by atoms with van der Waals surface area (Å²) in [6.45, 7) is 4.02. The first kappa shape index (κ1) is 15.8. The highest BCUT2D eigenvalue weighted by Gasteiger charge is 2.38. The van der Waals surface area contributed by atoms with Crippen molar-refractivity contribution in [3.8, 4) is 0 Å². The maximum Gasteiger partial charge on any atom is 0.337 e. The number of hydrogen-bond acceptors (Lipinski definition) is 4. The van der Waals surface area contributed by atoms with E-state index in [1.54, 1.807) is 0 Å². The van der Waals surface area contributed by atoms with Crippen LogP contribution < -0.4 is 10.5 Å². The molecule has 1 saturated carbocycles. The summed E-state index contributed by atoms with van der Waals surface area (Å²) in [5.74, 6) is -1.31. The van der Waals surface area contributed by atoms with Crippen molar-refractivity contribution in [2.75, 3.05) is 5.73 Å². The molecule has 0 radical (unpaired) electrons. The molecule has 1 aliphatic rings. The first-order valence-electron chi connectivity index (χ1n) is 6.79. The van der Waals surface area contributed by atoms with E-state index in [0.717, 1.165) is 25.3 Å². The van der Waals surface area contributed by atoms with Crippen molar-refractivity contribution >= 4 is 21.7 Å². The molecule has 6 nitrogen and oxygen atoms in total. The van der Waals surface area contributed by atoms with Gasteiger partial charge in [-0.15, -0.1) is 0 Å². The molecule has 0 saturated heterocycles. The lowest BCUT2D eigenvalue weighted by Crippen LogP contribution is -2.41.